The van der Waals surface area contributed by atoms with Gasteiger partial charge in [-0.15, -0.1) is 0 Å². The topological polar surface area (TPSA) is 56.5 Å². The predicted octanol–water partition coefficient (Wildman–Crippen LogP) is 0.824. The van der Waals surface area contributed by atoms with E-state index in [4.69, 9.17) is 10.6 Å². The highest BCUT2D eigenvalue weighted by atomic mass is 19.4. The van der Waals surface area contributed by atoms with Gasteiger partial charge in [0.2, 0.25) is 0 Å². The average molecular weight is 242 g/mol. The minimum atomic E-state index is -4.26. The van der Waals surface area contributed by atoms with Crippen molar-refractivity contribution in [3.63, 3.8) is 0 Å². The van der Waals surface area contributed by atoms with Crippen LogP contribution in [0.25, 0.3) is 0 Å². The van der Waals surface area contributed by atoms with E-state index in [1.807, 2.05) is 0 Å². The van der Waals surface area contributed by atoms with Gasteiger partial charge in [-0.25, -0.2) is 0 Å². The number of hydrazine groups is 1. The molecule has 96 valence electrons. The van der Waals surface area contributed by atoms with Crippen LogP contribution in [0.2, 0.25) is 0 Å². The molecule has 1 aliphatic heterocycles. The van der Waals surface area contributed by atoms with Gasteiger partial charge in [-0.05, 0) is 12.8 Å². The summed E-state index contributed by atoms with van der Waals surface area (Å²) in [4.78, 5) is 0. The Hall–Kier alpha value is -0.370. The number of hydrogen-bond acceptors (Lipinski definition) is 4. The second-order valence-corrected chi connectivity index (χ2v) is 3.85. The molecule has 0 radical (unpaired) electrons. The van der Waals surface area contributed by atoms with E-state index in [0.717, 1.165) is 6.42 Å². The number of halogens is 3. The molecule has 7 heteroatoms. The van der Waals surface area contributed by atoms with Gasteiger partial charge in [0.05, 0.1) is 6.61 Å². The molecule has 0 aromatic rings. The van der Waals surface area contributed by atoms with Crippen LogP contribution in [-0.4, -0.2) is 38.6 Å². The summed E-state index contributed by atoms with van der Waals surface area (Å²) >= 11 is 0. The Morgan fingerprint density at radius 3 is 2.75 bits per heavy atom. The van der Waals surface area contributed by atoms with Crippen molar-refractivity contribution in [2.45, 2.75) is 25.1 Å². The van der Waals surface area contributed by atoms with E-state index in [1.54, 1.807) is 0 Å². The Labute approximate surface area is 92.2 Å². The fraction of sp³-hybridized carbons (Fsp3) is 1.00. The molecule has 1 fully saturated rings. The van der Waals surface area contributed by atoms with Crippen molar-refractivity contribution in [1.82, 2.24) is 5.43 Å². The average Bonchev–Trinajstić information content (AvgIpc) is 2.69. The second-order valence-electron chi connectivity index (χ2n) is 3.85. The Morgan fingerprint density at radius 2 is 2.25 bits per heavy atom. The van der Waals surface area contributed by atoms with Crippen molar-refractivity contribution < 1.29 is 22.6 Å². The summed E-state index contributed by atoms with van der Waals surface area (Å²) in [5.74, 6) is 5.60. The van der Waals surface area contributed by atoms with Crippen LogP contribution < -0.4 is 11.3 Å². The van der Waals surface area contributed by atoms with Gasteiger partial charge in [0.25, 0.3) is 0 Å². The summed E-state index contributed by atoms with van der Waals surface area (Å²) in [6.07, 6.45) is -2.92. The molecule has 16 heavy (non-hydrogen) atoms. The van der Waals surface area contributed by atoms with E-state index in [2.05, 4.69) is 10.2 Å². The van der Waals surface area contributed by atoms with Crippen LogP contribution in [0.1, 0.15) is 12.8 Å². The van der Waals surface area contributed by atoms with Gasteiger partial charge in [-0.1, -0.05) is 0 Å². The quantitative estimate of drug-likeness (QED) is 0.411. The Bertz CT molecular complexity index is 196. The number of hydrogen-bond donors (Lipinski definition) is 2. The first-order chi connectivity index (χ1) is 7.53. The van der Waals surface area contributed by atoms with Crippen molar-refractivity contribution in [3.8, 4) is 0 Å². The normalized spacial score (nSPS) is 23.6. The van der Waals surface area contributed by atoms with Gasteiger partial charge in [0.15, 0.2) is 0 Å². The number of alkyl halides is 3. The monoisotopic (exact) mass is 242 g/mol. The number of nitrogens with one attached hydrogen (secondary N) is 1. The Balaban J connectivity index is 2.14. The van der Waals surface area contributed by atoms with Gasteiger partial charge >= 0.3 is 6.18 Å². The molecule has 2 unspecified atom stereocenters. The molecule has 0 aromatic carbocycles. The number of nitrogens with two attached hydrogens (primary N) is 1. The molecule has 0 aliphatic carbocycles. The standard InChI is InChI=1S/C9H17F3N2O2/c10-9(11,12)6-16-4-2-8(14-13)7-1-3-15-5-7/h7-8,14H,1-6,13H2. The first-order valence-electron chi connectivity index (χ1n) is 5.21. The van der Waals surface area contributed by atoms with Crippen molar-refractivity contribution in [1.29, 1.82) is 0 Å². The van der Waals surface area contributed by atoms with Gasteiger partial charge in [0.1, 0.15) is 6.61 Å². The summed E-state index contributed by atoms with van der Waals surface area (Å²) in [6.45, 7) is 0.136. The van der Waals surface area contributed by atoms with E-state index in [1.165, 1.54) is 0 Å². The van der Waals surface area contributed by atoms with Crippen molar-refractivity contribution in [2.24, 2.45) is 11.8 Å². The fourth-order valence-electron chi connectivity index (χ4n) is 1.72. The third-order valence-corrected chi connectivity index (χ3v) is 2.59. The highest BCUT2D eigenvalue weighted by Gasteiger charge is 2.28. The molecule has 1 aliphatic rings. The molecule has 4 nitrogen and oxygen atoms in total. The van der Waals surface area contributed by atoms with Crippen LogP contribution in [0.5, 0.6) is 0 Å². The summed E-state index contributed by atoms with van der Waals surface area (Å²) in [6, 6.07) is -0.0456. The SMILES string of the molecule is NNC(CCOCC(F)(F)F)C1CCOC1. The van der Waals surface area contributed by atoms with Crippen LogP contribution in [-0.2, 0) is 9.47 Å². The zero-order valence-electron chi connectivity index (χ0n) is 8.93. The van der Waals surface area contributed by atoms with E-state index in [-0.39, 0.29) is 18.6 Å². The van der Waals surface area contributed by atoms with E-state index < -0.39 is 12.8 Å². The lowest BCUT2D eigenvalue weighted by Crippen LogP contribution is -2.42. The van der Waals surface area contributed by atoms with E-state index >= 15 is 0 Å². The molecule has 0 aromatic heterocycles. The maximum absolute atomic E-state index is 11.8. The molecule has 1 saturated heterocycles. The summed E-state index contributed by atoms with van der Waals surface area (Å²) in [7, 11) is 0. The summed E-state index contributed by atoms with van der Waals surface area (Å²) in [5, 5.41) is 0. The van der Waals surface area contributed by atoms with Crippen molar-refractivity contribution >= 4 is 0 Å². The minimum Gasteiger partial charge on any atom is -0.381 e. The molecule has 3 N–H and O–H groups in total. The third kappa shape index (κ3) is 5.11. The zero-order valence-corrected chi connectivity index (χ0v) is 8.93. The lowest BCUT2D eigenvalue weighted by Gasteiger charge is -2.21. The van der Waals surface area contributed by atoms with Crippen LogP contribution in [0.4, 0.5) is 13.2 Å². The van der Waals surface area contributed by atoms with Crippen LogP contribution in [0.3, 0.4) is 0 Å². The van der Waals surface area contributed by atoms with Crippen molar-refractivity contribution in [2.75, 3.05) is 26.4 Å². The van der Waals surface area contributed by atoms with Gasteiger partial charge < -0.3 is 9.47 Å². The lowest BCUT2D eigenvalue weighted by atomic mass is 9.97. The Kier molecular flexibility index (Phi) is 5.47. The molecule has 1 rings (SSSR count). The number of rotatable bonds is 6. The van der Waals surface area contributed by atoms with Gasteiger partial charge in [-0.2, -0.15) is 13.2 Å². The molecule has 0 bridgehead atoms. The first kappa shape index (κ1) is 13.7. The van der Waals surface area contributed by atoms with Crippen LogP contribution in [0.15, 0.2) is 0 Å². The third-order valence-electron chi connectivity index (χ3n) is 2.59. The van der Waals surface area contributed by atoms with Crippen LogP contribution >= 0.6 is 0 Å². The number of ether oxygens (including phenoxy) is 2. The molecule has 0 saturated carbocycles. The molecular formula is C9H17F3N2O2. The smallest absolute Gasteiger partial charge is 0.381 e. The molecule has 0 amide bonds. The first-order valence-corrected chi connectivity index (χ1v) is 5.21. The molecule has 1 heterocycles. The van der Waals surface area contributed by atoms with Crippen molar-refractivity contribution in [3.05, 3.63) is 0 Å². The van der Waals surface area contributed by atoms with Crippen LogP contribution in [0, 0.1) is 5.92 Å². The Morgan fingerprint density at radius 1 is 1.50 bits per heavy atom. The van der Waals surface area contributed by atoms with E-state index in [9.17, 15) is 13.2 Å². The summed E-state index contributed by atoms with van der Waals surface area (Å²) in [5.41, 5.74) is 2.60. The van der Waals surface area contributed by atoms with Gasteiger partial charge in [0, 0.05) is 25.2 Å². The maximum atomic E-state index is 11.8. The molecule has 2 atom stereocenters. The largest absolute Gasteiger partial charge is 0.411 e. The highest BCUT2D eigenvalue weighted by molar-refractivity contribution is 4.77. The molecule has 0 spiro atoms. The van der Waals surface area contributed by atoms with Gasteiger partial charge in [-0.3, -0.25) is 11.3 Å². The highest BCUT2D eigenvalue weighted by Crippen LogP contribution is 2.19. The maximum Gasteiger partial charge on any atom is 0.411 e. The second kappa shape index (κ2) is 6.39. The van der Waals surface area contributed by atoms with E-state index in [0.29, 0.717) is 19.6 Å². The summed E-state index contributed by atoms with van der Waals surface area (Å²) < 4.78 is 45.0. The lowest BCUT2D eigenvalue weighted by molar-refractivity contribution is -0.174. The predicted molar refractivity (Wildman–Crippen MR) is 51.5 cm³/mol. The fourth-order valence-corrected chi connectivity index (χ4v) is 1.72. The minimum absolute atomic E-state index is 0.0456. The molecular weight excluding hydrogens is 225 g/mol. The zero-order chi connectivity index (χ0) is 12.0.